The minimum Gasteiger partial charge on any atom is -0.356 e. The van der Waals surface area contributed by atoms with Crippen molar-refractivity contribution in [3.05, 3.63) is 16.8 Å². The molecule has 5 nitrogen and oxygen atoms in total. The van der Waals surface area contributed by atoms with Crippen molar-refractivity contribution < 1.29 is 4.79 Å². The average molecular weight is 344 g/mol. The van der Waals surface area contributed by atoms with E-state index in [1.165, 1.54) is 28.7 Å². The van der Waals surface area contributed by atoms with Crippen LogP contribution in [0, 0.1) is 19.8 Å². The fraction of sp³-hybridized carbons (Fsp3) is 0.611. The molecule has 1 amide bonds. The Morgan fingerprint density at radius 2 is 1.83 bits per heavy atom. The second-order valence-corrected chi connectivity index (χ2v) is 8.16. The predicted molar refractivity (Wildman–Crippen MR) is 97.6 cm³/mol. The molecule has 6 heteroatoms. The number of piperidine rings is 1. The summed E-state index contributed by atoms with van der Waals surface area (Å²) in [6.07, 6.45) is 5.88. The monoisotopic (exact) mass is 344 g/mol. The van der Waals surface area contributed by atoms with E-state index in [2.05, 4.69) is 33.6 Å². The first-order valence-electron chi connectivity index (χ1n) is 8.89. The van der Waals surface area contributed by atoms with Gasteiger partial charge >= 0.3 is 0 Å². The molecule has 0 saturated carbocycles. The van der Waals surface area contributed by atoms with E-state index in [-0.39, 0.29) is 5.92 Å². The number of likely N-dealkylation sites (tertiary alicyclic amines) is 1. The molecule has 0 aliphatic carbocycles. The molecular weight excluding hydrogens is 320 g/mol. The largest absolute Gasteiger partial charge is 0.356 e. The first-order chi connectivity index (χ1) is 11.6. The summed E-state index contributed by atoms with van der Waals surface area (Å²) in [5.41, 5.74) is 1.29. The lowest BCUT2D eigenvalue weighted by atomic mass is 9.95. The van der Waals surface area contributed by atoms with E-state index in [4.69, 9.17) is 0 Å². The zero-order chi connectivity index (χ0) is 16.7. The van der Waals surface area contributed by atoms with Crippen molar-refractivity contribution in [3.63, 3.8) is 0 Å². The standard InChI is InChI=1S/C18H24N4OS/c1-12-13(2)24-17-15(12)16(19-11-20-17)21-9-5-14(6-10-21)18(23)22-7-3-4-8-22/h11,14H,3-10H2,1-2H3. The normalized spacial score (nSPS) is 19.4. The van der Waals surface area contributed by atoms with Crippen LogP contribution in [-0.2, 0) is 4.79 Å². The van der Waals surface area contributed by atoms with Crippen LogP contribution in [0.2, 0.25) is 0 Å². The summed E-state index contributed by atoms with van der Waals surface area (Å²) >= 11 is 1.74. The molecule has 0 spiro atoms. The number of hydrogen-bond acceptors (Lipinski definition) is 5. The number of carbonyl (C=O) groups excluding carboxylic acids is 1. The Balaban J connectivity index is 1.51. The van der Waals surface area contributed by atoms with Crippen LogP contribution < -0.4 is 4.90 Å². The van der Waals surface area contributed by atoms with E-state index in [9.17, 15) is 4.79 Å². The van der Waals surface area contributed by atoms with Gasteiger partial charge < -0.3 is 9.80 Å². The van der Waals surface area contributed by atoms with E-state index in [1.807, 2.05) is 0 Å². The Morgan fingerprint density at radius 3 is 2.54 bits per heavy atom. The molecule has 0 aromatic carbocycles. The van der Waals surface area contributed by atoms with Crippen LogP contribution in [0.3, 0.4) is 0 Å². The fourth-order valence-electron chi connectivity index (χ4n) is 3.94. The number of anilines is 1. The van der Waals surface area contributed by atoms with Crippen LogP contribution in [0.4, 0.5) is 5.82 Å². The molecule has 4 heterocycles. The SMILES string of the molecule is Cc1sc2ncnc(N3CCC(C(=O)N4CCCC4)CC3)c2c1C. The Labute approximate surface area is 146 Å². The highest BCUT2D eigenvalue weighted by Gasteiger charge is 2.31. The van der Waals surface area contributed by atoms with Crippen LogP contribution in [0.25, 0.3) is 10.2 Å². The number of nitrogens with zero attached hydrogens (tertiary/aromatic N) is 4. The minimum absolute atomic E-state index is 0.196. The van der Waals surface area contributed by atoms with Gasteiger partial charge in [-0.15, -0.1) is 11.3 Å². The number of carbonyl (C=O) groups is 1. The van der Waals surface area contributed by atoms with Gasteiger partial charge in [-0.2, -0.15) is 0 Å². The second kappa shape index (κ2) is 6.31. The van der Waals surface area contributed by atoms with Crippen molar-refractivity contribution in [1.29, 1.82) is 0 Å². The summed E-state index contributed by atoms with van der Waals surface area (Å²) in [7, 11) is 0. The number of aryl methyl sites for hydroxylation is 2. The summed E-state index contributed by atoms with van der Waals surface area (Å²) < 4.78 is 0. The van der Waals surface area contributed by atoms with Crippen LogP contribution in [0.1, 0.15) is 36.1 Å². The van der Waals surface area contributed by atoms with Crippen molar-refractivity contribution in [2.45, 2.75) is 39.5 Å². The smallest absolute Gasteiger partial charge is 0.225 e. The third-order valence-electron chi connectivity index (χ3n) is 5.51. The van der Waals surface area contributed by atoms with Gasteiger partial charge in [0.05, 0.1) is 5.39 Å². The van der Waals surface area contributed by atoms with E-state index in [1.54, 1.807) is 17.7 Å². The van der Waals surface area contributed by atoms with Gasteiger partial charge in [0.2, 0.25) is 5.91 Å². The second-order valence-electron chi connectivity index (χ2n) is 6.95. The molecule has 0 unspecified atom stereocenters. The number of thiophene rings is 1. The summed E-state index contributed by atoms with van der Waals surface area (Å²) in [6.45, 7) is 8.03. The molecule has 2 saturated heterocycles. The first kappa shape index (κ1) is 15.8. The maximum atomic E-state index is 12.6. The van der Waals surface area contributed by atoms with E-state index < -0.39 is 0 Å². The third kappa shape index (κ3) is 2.66. The van der Waals surface area contributed by atoms with Crippen LogP contribution >= 0.6 is 11.3 Å². The molecule has 2 fully saturated rings. The molecule has 0 bridgehead atoms. The molecule has 2 aliphatic rings. The predicted octanol–water partition coefficient (Wildman–Crippen LogP) is 3.15. The van der Waals surface area contributed by atoms with Gasteiger partial charge in [0.25, 0.3) is 0 Å². The maximum absolute atomic E-state index is 12.6. The van der Waals surface area contributed by atoms with Crippen LogP contribution in [0.5, 0.6) is 0 Å². The maximum Gasteiger partial charge on any atom is 0.225 e. The number of fused-ring (bicyclic) bond motifs is 1. The highest BCUT2D eigenvalue weighted by atomic mass is 32.1. The Bertz CT molecular complexity index is 758. The van der Waals surface area contributed by atoms with Gasteiger partial charge in [-0.1, -0.05) is 0 Å². The van der Waals surface area contributed by atoms with Crippen molar-refractivity contribution in [3.8, 4) is 0 Å². The summed E-state index contributed by atoms with van der Waals surface area (Å²) in [6, 6.07) is 0. The lowest BCUT2D eigenvalue weighted by Crippen LogP contribution is -2.42. The number of rotatable bonds is 2. The molecular formula is C18H24N4OS. The highest BCUT2D eigenvalue weighted by molar-refractivity contribution is 7.18. The molecule has 4 rings (SSSR count). The Hall–Kier alpha value is -1.69. The minimum atomic E-state index is 0.196. The lowest BCUT2D eigenvalue weighted by molar-refractivity contribution is -0.135. The molecule has 128 valence electrons. The number of aromatic nitrogens is 2. The van der Waals surface area contributed by atoms with Crippen molar-refractivity contribution in [2.75, 3.05) is 31.1 Å². The average Bonchev–Trinajstić information content (AvgIpc) is 3.24. The molecule has 0 N–H and O–H groups in total. The number of amides is 1. The van der Waals surface area contributed by atoms with Gasteiger partial charge in [-0.25, -0.2) is 9.97 Å². The van der Waals surface area contributed by atoms with Crippen molar-refractivity contribution in [1.82, 2.24) is 14.9 Å². The van der Waals surface area contributed by atoms with Crippen LogP contribution in [0.15, 0.2) is 6.33 Å². The summed E-state index contributed by atoms with van der Waals surface area (Å²) in [4.78, 5) is 28.4. The summed E-state index contributed by atoms with van der Waals surface area (Å²) in [5, 5.41) is 1.20. The van der Waals surface area contributed by atoms with Crippen molar-refractivity contribution >= 4 is 33.3 Å². The van der Waals surface area contributed by atoms with Crippen molar-refractivity contribution in [2.24, 2.45) is 5.92 Å². The van der Waals surface area contributed by atoms with Gasteiger partial charge in [0.1, 0.15) is 17.0 Å². The zero-order valence-corrected chi connectivity index (χ0v) is 15.2. The molecule has 2 aliphatic heterocycles. The van der Waals surface area contributed by atoms with Crippen LogP contribution in [-0.4, -0.2) is 47.0 Å². The number of hydrogen-bond donors (Lipinski definition) is 0. The first-order valence-corrected chi connectivity index (χ1v) is 9.71. The summed E-state index contributed by atoms with van der Waals surface area (Å²) in [5.74, 6) is 1.62. The van der Waals surface area contributed by atoms with E-state index in [0.717, 1.165) is 49.7 Å². The van der Waals surface area contributed by atoms with Gasteiger partial charge in [0, 0.05) is 37.0 Å². The molecule has 24 heavy (non-hydrogen) atoms. The molecule has 0 atom stereocenters. The van der Waals surface area contributed by atoms with Gasteiger partial charge in [-0.3, -0.25) is 4.79 Å². The molecule has 2 aromatic rings. The Kier molecular flexibility index (Phi) is 4.16. The quantitative estimate of drug-likeness (QED) is 0.840. The fourth-order valence-corrected chi connectivity index (χ4v) is 4.93. The topological polar surface area (TPSA) is 49.3 Å². The lowest BCUT2D eigenvalue weighted by Gasteiger charge is -2.34. The van der Waals surface area contributed by atoms with E-state index >= 15 is 0 Å². The van der Waals surface area contributed by atoms with Gasteiger partial charge in [-0.05, 0) is 45.1 Å². The third-order valence-corrected chi connectivity index (χ3v) is 6.62. The highest BCUT2D eigenvalue weighted by Crippen LogP contribution is 2.35. The molecule has 2 aromatic heterocycles. The van der Waals surface area contributed by atoms with E-state index in [0.29, 0.717) is 5.91 Å². The van der Waals surface area contributed by atoms with Gasteiger partial charge in [0.15, 0.2) is 0 Å². The molecule has 0 radical (unpaired) electrons. The Morgan fingerprint density at radius 1 is 1.12 bits per heavy atom. The zero-order valence-electron chi connectivity index (χ0n) is 14.4.